The summed E-state index contributed by atoms with van der Waals surface area (Å²) < 4.78 is 0. The normalized spacial score (nSPS) is 33.7. The lowest BCUT2D eigenvalue weighted by Gasteiger charge is -2.32. The second-order valence-electron chi connectivity index (χ2n) is 4.94. The van der Waals surface area contributed by atoms with Crippen LogP contribution in [0.1, 0.15) is 48.0 Å². The third kappa shape index (κ3) is 1.19. The Labute approximate surface area is 90.5 Å². The quantitative estimate of drug-likeness (QED) is 0.627. The van der Waals surface area contributed by atoms with Gasteiger partial charge in [0.1, 0.15) is 0 Å². The Morgan fingerprint density at radius 1 is 1.20 bits per heavy atom. The van der Waals surface area contributed by atoms with Crippen molar-refractivity contribution in [1.29, 1.82) is 0 Å². The lowest BCUT2D eigenvalue weighted by molar-refractivity contribution is 0.0860. The number of Topliss-reactive ketones (excluding diaryl/α,β-unsaturated/α-hetero) is 1. The minimum atomic E-state index is 0.329. The smallest absolute Gasteiger partial charge is 0.166 e. The third-order valence-corrected chi connectivity index (χ3v) is 4.27. The average Bonchev–Trinajstić information content (AvgIpc) is 2.75. The Morgan fingerprint density at radius 2 is 2.00 bits per heavy atom. The molecule has 0 amide bonds. The van der Waals surface area contributed by atoms with Crippen LogP contribution in [0.4, 0.5) is 0 Å². The van der Waals surface area contributed by atoms with Crippen LogP contribution < -0.4 is 0 Å². The number of fused-ring (bicyclic) bond motifs is 2. The molecule has 0 aromatic heterocycles. The number of hydrogen-bond donors (Lipinski definition) is 0. The van der Waals surface area contributed by atoms with Crippen molar-refractivity contribution in [2.24, 2.45) is 11.8 Å². The largest absolute Gasteiger partial charge is 0.294 e. The maximum Gasteiger partial charge on any atom is 0.166 e. The van der Waals surface area contributed by atoms with Crippen molar-refractivity contribution in [1.82, 2.24) is 0 Å². The Kier molecular flexibility index (Phi) is 1.95. The van der Waals surface area contributed by atoms with Crippen LogP contribution in [0.15, 0.2) is 24.3 Å². The zero-order chi connectivity index (χ0) is 10.4. The molecular formula is C14H16O. The van der Waals surface area contributed by atoms with E-state index in [1.165, 1.54) is 18.4 Å². The molecule has 1 saturated carbocycles. The molecule has 0 unspecified atom stereocenters. The predicted octanol–water partition coefficient (Wildman–Crippen LogP) is 3.40. The van der Waals surface area contributed by atoms with Gasteiger partial charge in [-0.05, 0) is 30.2 Å². The zero-order valence-electron chi connectivity index (χ0n) is 9.07. The summed E-state index contributed by atoms with van der Waals surface area (Å²) in [6, 6.07) is 8.17. The van der Waals surface area contributed by atoms with Crippen molar-refractivity contribution < 1.29 is 4.79 Å². The van der Waals surface area contributed by atoms with Crippen LogP contribution in [0.2, 0.25) is 0 Å². The molecule has 1 fully saturated rings. The molecule has 1 aromatic carbocycles. The molecule has 0 N–H and O–H groups in total. The summed E-state index contributed by atoms with van der Waals surface area (Å²) in [4.78, 5) is 12.2. The molecule has 15 heavy (non-hydrogen) atoms. The van der Waals surface area contributed by atoms with Crippen molar-refractivity contribution in [3.63, 3.8) is 0 Å². The monoisotopic (exact) mass is 200 g/mol. The molecule has 0 saturated heterocycles. The molecule has 0 heterocycles. The summed E-state index contributed by atoms with van der Waals surface area (Å²) in [6.45, 7) is 2.29. The fraction of sp³-hybridized carbons (Fsp3) is 0.500. The molecule has 3 atom stereocenters. The van der Waals surface area contributed by atoms with Gasteiger partial charge in [-0.15, -0.1) is 0 Å². The van der Waals surface area contributed by atoms with Crippen molar-refractivity contribution >= 4 is 5.78 Å². The summed E-state index contributed by atoms with van der Waals surface area (Å²) in [5.41, 5.74) is 2.28. The van der Waals surface area contributed by atoms with E-state index >= 15 is 0 Å². The Balaban J connectivity index is 2.14. The van der Waals surface area contributed by atoms with Crippen LogP contribution >= 0.6 is 0 Å². The van der Waals surface area contributed by atoms with Gasteiger partial charge >= 0.3 is 0 Å². The van der Waals surface area contributed by atoms with E-state index < -0.39 is 0 Å². The van der Waals surface area contributed by atoms with E-state index in [0.29, 0.717) is 23.5 Å². The van der Waals surface area contributed by atoms with Gasteiger partial charge in [0.15, 0.2) is 5.78 Å². The van der Waals surface area contributed by atoms with Crippen molar-refractivity contribution in [2.75, 3.05) is 0 Å². The molecule has 0 radical (unpaired) electrons. The lowest BCUT2D eigenvalue weighted by atomic mass is 9.71. The van der Waals surface area contributed by atoms with Crippen LogP contribution in [-0.2, 0) is 0 Å². The number of rotatable bonds is 0. The zero-order valence-corrected chi connectivity index (χ0v) is 9.07. The highest BCUT2D eigenvalue weighted by molar-refractivity contribution is 6.01. The SMILES string of the molecule is C[C@@H]1c2ccccc2C(=O)[C@@H]2CCC[C@H]12. The molecule has 0 bridgehead atoms. The highest BCUT2D eigenvalue weighted by atomic mass is 16.1. The van der Waals surface area contributed by atoms with Gasteiger partial charge in [0.2, 0.25) is 0 Å². The van der Waals surface area contributed by atoms with E-state index in [2.05, 4.69) is 19.1 Å². The first-order chi connectivity index (χ1) is 7.29. The van der Waals surface area contributed by atoms with Gasteiger partial charge in [-0.25, -0.2) is 0 Å². The molecule has 2 aliphatic rings. The highest BCUT2D eigenvalue weighted by Gasteiger charge is 2.42. The highest BCUT2D eigenvalue weighted by Crippen LogP contribution is 2.47. The summed E-state index contributed by atoms with van der Waals surface area (Å²) in [5, 5.41) is 0. The first-order valence-corrected chi connectivity index (χ1v) is 5.92. The third-order valence-electron chi connectivity index (χ3n) is 4.27. The van der Waals surface area contributed by atoms with Crippen molar-refractivity contribution in [3.05, 3.63) is 35.4 Å². The molecule has 1 heteroatoms. The van der Waals surface area contributed by atoms with Crippen LogP contribution in [0.3, 0.4) is 0 Å². The van der Waals surface area contributed by atoms with Crippen LogP contribution in [-0.4, -0.2) is 5.78 Å². The van der Waals surface area contributed by atoms with E-state index in [1.54, 1.807) is 0 Å². The average molecular weight is 200 g/mol. The Morgan fingerprint density at radius 3 is 2.87 bits per heavy atom. The van der Waals surface area contributed by atoms with Gasteiger partial charge in [0, 0.05) is 11.5 Å². The standard InChI is InChI=1S/C14H16O/c1-9-10-5-2-3-6-12(10)14(15)13-8-4-7-11(9)13/h2-3,5-6,9,11,13H,4,7-8H2,1H3/t9-,11-,13-/m1/s1. The molecule has 1 aromatic rings. The number of hydrogen-bond acceptors (Lipinski definition) is 1. The number of ketones is 1. The first-order valence-electron chi connectivity index (χ1n) is 5.92. The van der Waals surface area contributed by atoms with Gasteiger partial charge in [-0.1, -0.05) is 37.6 Å². The first kappa shape index (κ1) is 9.14. The van der Waals surface area contributed by atoms with E-state index in [1.807, 2.05) is 12.1 Å². The Hall–Kier alpha value is -1.11. The van der Waals surface area contributed by atoms with Crippen molar-refractivity contribution in [2.45, 2.75) is 32.1 Å². The molecule has 78 valence electrons. The topological polar surface area (TPSA) is 17.1 Å². The minimum absolute atomic E-state index is 0.329. The number of carbonyl (C=O) groups excluding carboxylic acids is 1. The summed E-state index contributed by atoms with van der Waals surface area (Å²) in [7, 11) is 0. The van der Waals surface area contributed by atoms with E-state index in [0.717, 1.165) is 12.0 Å². The molecule has 0 spiro atoms. The van der Waals surface area contributed by atoms with E-state index in [-0.39, 0.29) is 0 Å². The molecular weight excluding hydrogens is 184 g/mol. The maximum absolute atomic E-state index is 12.2. The predicted molar refractivity (Wildman–Crippen MR) is 60.0 cm³/mol. The second kappa shape index (κ2) is 3.19. The van der Waals surface area contributed by atoms with E-state index in [4.69, 9.17) is 0 Å². The molecule has 2 aliphatic carbocycles. The fourth-order valence-corrected chi connectivity index (χ4v) is 3.46. The molecule has 1 nitrogen and oxygen atoms in total. The fourth-order valence-electron chi connectivity index (χ4n) is 3.46. The van der Waals surface area contributed by atoms with Crippen LogP contribution in [0.5, 0.6) is 0 Å². The van der Waals surface area contributed by atoms with E-state index in [9.17, 15) is 4.79 Å². The van der Waals surface area contributed by atoms with Gasteiger partial charge in [0.05, 0.1) is 0 Å². The lowest BCUT2D eigenvalue weighted by Crippen LogP contribution is -2.30. The van der Waals surface area contributed by atoms with Gasteiger partial charge in [-0.3, -0.25) is 4.79 Å². The summed E-state index contributed by atoms with van der Waals surface area (Å²) in [5.74, 6) is 1.93. The molecule has 3 rings (SSSR count). The summed E-state index contributed by atoms with van der Waals surface area (Å²) in [6.07, 6.45) is 3.59. The second-order valence-corrected chi connectivity index (χ2v) is 4.94. The minimum Gasteiger partial charge on any atom is -0.294 e. The number of benzene rings is 1. The van der Waals surface area contributed by atoms with Gasteiger partial charge in [0.25, 0.3) is 0 Å². The van der Waals surface area contributed by atoms with Gasteiger partial charge < -0.3 is 0 Å². The Bertz CT molecular complexity index is 408. The maximum atomic E-state index is 12.2. The van der Waals surface area contributed by atoms with Crippen LogP contribution in [0, 0.1) is 11.8 Å². The summed E-state index contributed by atoms with van der Waals surface area (Å²) >= 11 is 0. The van der Waals surface area contributed by atoms with Gasteiger partial charge in [-0.2, -0.15) is 0 Å². The van der Waals surface area contributed by atoms with Crippen LogP contribution in [0.25, 0.3) is 0 Å². The number of carbonyl (C=O) groups is 1. The van der Waals surface area contributed by atoms with Crippen molar-refractivity contribution in [3.8, 4) is 0 Å². The molecule has 0 aliphatic heterocycles.